The summed E-state index contributed by atoms with van der Waals surface area (Å²) in [6.45, 7) is 13.6. The van der Waals surface area contributed by atoms with Gasteiger partial charge in [-0.15, -0.1) is 0 Å². The monoisotopic (exact) mass is 320 g/mol. The Kier molecular flexibility index (Phi) is 12.4. The molecular weight excluding hydrogens is 284 g/mol. The van der Waals surface area contributed by atoms with Crippen LogP contribution in [0.5, 0.6) is 0 Å². The maximum absolute atomic E-state index is 11.8. The molecule has 0 spiro atoms. The van der Waals surface area contributed by atoms with Crippen molar-refractivity contribution in [1.29, 1.82) is 0 Å². The summed E-state index contributed by atoms with van der Waals surface area (Å²) in [4.78, 5) is 11.8. The van der Waals surface area contributed by atoms with Crippen molar-refractivity contribution in [3.8, 4) is 0 Å². The summed E-state index contributed by atoms with van der Waals surface area (Å²) in [6, 6.07) is 8.69. The molecule has 3 heteroatoms. The Morgan fingerprint density at radius 2 is 1.70 bits per heavy atom. The van der Waals surface area contributed by atoms with Crippen LogP contribution in [0.1, 0.15) is 66.4 Å². The highest BCUT2D eigenvalue weighted by molar-refractivity contribution is 5.90. The van der Waals surface area contributed by atoms with Crippen molar-refractivity contribution in [1.82, 2.24) is 5.32 Å². The van der Waals surface area contributed by atoms with Crippen LogP contribution in [-0.2, 0) is 11.2 Å². The number of amides is 1. The molecule has 1 aromatic carbocycles. The first kappa shape index (κ1) is 21.6. The number of anilines is 1. The van der Waals surface area contributed by atoms with Crippen molar-refractivity contribution >= 4 is 11.6 Å². The molecule has 0 aromatic heterocycles. The highest BCUT2D eigenvalue weighted by Crippen LogP contribution is 2.13. The van der Waals surface area contributed by atoms with E-state index < -0.39 is 0 Å². The zero-order valence-corrected chi connectivity index (χ0v) is 15.9. The lowest BCUT2D eigenvalue weighted by Gasteiger charge is -2.10. The standard InChI is InChI=1S/C18H30N2O.C2H6/c1-5-15(4)6-11-18(21)20-17-9-7-16(8-10-17)12-13-19-14(2)3;1-2/h7-10,14-15,19H,5-6,11-13H2,1-4H3,(H,20,21);1-2H3. The van der Waals surface area contributed by atoms with E-state index in [2.05, 4.69) is 50.5 Å². The maximum Gasteiger partial charge on any atom is 0.224 e. The fourth-order valence-corrected chi connectivity index (χ4v) is 2.07. The number of hydrogen-bond acceptors (Lipinski definition) is 2. The van der Waals surface area contributed by atoms with Crippen LogP contribution >= 0.6 is 0 Å². The summed E-state index contributed by atoms with van der Waals surface area (Å²) in [5, 5.41) is 6.37. The molecule has 0 radical (unpaired) electrons. The molecule has 0 fully saturated rings. The van der Waals surface area contributed by atoms with Crippen LogP contribution < -0.4 is 10.6 Å². The second-order valence-electron chi connectivity index (χ2n) is 6.16. The van der Waals surface area contributed by atoms with Gasteiger partial charge in [-0.3, -0.25) is 4.79 Å². The van der Waals surface area contributed by atoms with Gasteiger partial charge in [-0.1, -0.05) is 60.1 Å². The van der Waals surface area contributed by atoms with Gasteiger partial charge >= 0.3 is 0 Å². The van der Waals surface area contributed by atoms with E-state index in [1.807, 2.05) is 26.0 Å². The predicted octanol–water partition coefficient (Wildman–Crippen LogP) is 5.02. The molecule has 0 aliphatic heterocycles. The van der Waals surface area contributed by atoms with Crippen molar-refractivity contribution in [3.05, 3.63) is 29.8 Å². The Labute approximate surface area is 143 Å². The van der Waals surface area contributed by atoms with Crippen molar-refractivity contribution in [3.63, 3.8) is 0 Å². The van der Waals surface area contributed by atoms with E-state index in [1.165, 1.54) is 5.56 Å². The molecular formula is C20H36N2O. The second-order valence-corrected chi connectivity index (χ2v) is 6.16. The molecule has 0 heterocycles. The van der Waals surface area contributed by atoms with Crippen LogP contribution in [0.15, 0.2) is 24.3 Å². The Bertz CT molecular complexity index is 412. The second kappa shape index (κ2) is 13.1. The normalized spacial score (nSPS) is 11.6. The molecule has 1 unspecified atom stereocenters. The lowest BCUT2D eigenvalue weighted by Crippen LogP contribution is -2.24. The van der Waals surface area contributed by atoms with Gasteiger partial charge < -0.3 is 10.6 Å². The van der Waals surface area contributed by atoms with Crippen LogP contribution in [0.25, 0.3) is 0 Å². The fourth-order valence-electron chi connectivity index (χ4n) is 2.07. The van der Waals surface area contributed by atoms with Crippen molar-refractivity contribution < 1.29 is 4.79 Å². The molecule has 3 nitrogen and oxygen atoms in total. The first-order valence-electron chi connectivity index (χ1n) is 9.13. The average molecular weight is 321 g/mol. The van der Waals surface area contributed by atoms with E-state index in [0.29, 0.717) is 18.4 Å². The van der Waals surface area contributed by atoms with E-state index in [1.54, 1.807) is 0 Å². The van der Waals surface area contributed by atoms with Crippen LogP contribution in [-0.4, -0.2) is 18.5 Å². The van der Waals surface area contributed by atoms with Gasteiger partial charge in [0.05, 0.1) is 0 Å². The van der Waals surface area contributed by atoms with Crippen molar-refractivity contribution in [2.24, 2.45) is 5.92 Å². The third-order valence-electron chi connectivity index (χ3n) is 3.77. The van der Waals surface area contributed by atoms with Gasteiger partial charge in [-0.2, -0.15) is 0 Å². The zero-order valence-electron chi connectivity index (χ0n) is 15.9. The maximum atomic E-state index is 11.8. The van der Waals surface area contributed by atoms with E-state index in [-0.39, 0.29) is 5.91 Å². The summed E-state index contributed by atoms with van der Waals surface area (Å²) in [7, 11) is 0. The van der Waals surface area contributed by atoms with Gasteiger partial charge in [0.2, 0.25) is 5.91 Å². The predicted molar refractivity (Wildman–Crippen MR) is 102 cm³/mol. The topological polar surface area (TPSA) is 41.1 Å². The minimum Gasteiger partial charge on any atom is -0.326 e. The average Bonchev–Trinajstić information content (AvgIpc) is 2.55. The molecule has 132 valence electrons. The molecule has 2 N–H and O–H groups in total. The lowest BCUT2D eigenvalue weighted by atomic mass is 10.0. The van der Waals surface area contributed by atoms with Gasteiger partial charge in [0.1, 0.15) is 0 Å². The summed E-state index contributed by atoms with van der Waals surface area (Å²) in [5.41, 5.74) is 2.19. The number of benzene rings is 1. The van der Waals surface area contributed by atoms with Crippen LogP contribution in [0.3, 0.4) is 0 Å². The quantitative estimate of drug-likeness (QED) is 0.671. The number of rotatable bonds is 9. The first-order valence-corrected chi connectivity index (χ1v) is 9.13. The molecule has 0 saturated carbocycles. The summed E-state index contributed by atoms with van der Waals surface area (Å²) < 4.78 is 0. The van der Waals surface area contributed by atoms with E-state index >= 15 is 0 Å². The molecule has 1 aromatic rings. The molecule has 23 heavy (non-hydrogen) atoms. The van der Waals surface area contributed by atoms with Gasteiger partial charge in [0.25, 0.3) is 0 Å². The van der Waals surface area contributed by atoms with E-state index in [9.17, 15) is 4.79 Å². The smallest absolute Gasteiger partial charge is 0.224 e. The fraction of sp³-hybridized carbons (Fsp3) is 0.650. The molecule has 1 atom stereocenters. The SMILES string of the molecule is CC.CCC(C)CCC(=O)Nc1ccc(CCNC(C)C)cc1. The Hall–Kier alpha value is -1.35. The first-order chi connectivity index (χ1) is 11.0. The van der Waals surface area contributed by atoms with E-state index in [4.69, 9.17) is 0 Å². The van der Waals surface area contributed by atoms with Gasteiger partial charge in [0, 0.05) is 18.2 Å². The van der Waals surface area contributed by atoms with Crippen LogP contribution in [0.4, 0.5) is 5.69 Å². The summed E-state index contributed by atoms with van der Waals surface area (Å²) >= 11 is 0. The lowest BCUT2D eigenvalue weighted by molar-refractivity contribution is -0.116. The zero-order chi connectivity index (χ0) is 17.7. The molecule has 1 rings (SSSR count). The molecule has 0 bridgehead atoms. The molecule has 0 saturated heterocycles. The number of carbonyl (C=O) groups is 1. The Morgan fingerprint density at radius 3 is 2.22 bits per heavy atom. The molecule has 0 aliphatic carbocycles. The Morgan fingerprint density at radius 1 is 1.09 bits per heavy atom. The largest absolute Gasteiger partial charge is 0.326 e. The van der Waals surface area contributed by atoms with Crippen molar-refractivity contribution in [2.45, 2.75) is 73.3 Å². The third kappa shape index (κ3) is 10.9. The van der Waals surface area contributed by atoms with Gasteiger partial charge in [-0.25, -0.2) is 0 Å². The number of carbonyl (C=O) groups excluding carboxylic acids is 1. The summed E-state index contributed by atoms with van der Waals surface area (Å²) in [6.07, 6.45) is 3.71. The highest BCUT2D eigenvalue weighted by atomic mass is 16.1. The molecule has 1 amide bonds. The minimum absolute atomic E-state index is 0.115. The van der Waals surface area contributed by atoms with Gasteiger partial charge in [0.15, 0.2) is 0 Å². The highest BCUT2D eigenvalue weighted by Gasteiger charge is 2.05. The van der Waals surface area contributed by atoms with E-state index in [0.717, 1.165) is 31.5 Å². The van der Waals surface area contributed by atoms with Gasteiger partial charge in [-0.05, 0) is 43.0 Å². The Balaban J connectivity index is 0.00000232. The van der Waals surface area contributed by atoms with Crippen LogP contribution in [0.2, 0.25) is 0 Å². The molecule has 0 aliphatic rings. The van der Waals surface area contributed by atoms with Crippen molar-refractivity contribution in [2.75, 3.05) is 11.9 Å². The minimum atomic E-state index is 0.115. The number of hydrogen-bond donors (Lipinski definition) is 2. The number of nitrogens with one attached hydrogen (secondary N) is 2. The van der Waals surface area contributed by atoms with Crippen LogP contribution in [0, 0.1) is 5.92 Å². The third-order valence-corrected chi connectivity index (χ3v) is 3.77. The summed E-state index contributed by atoms with van der Waals surface area (Å²) in [5.74, 6) is 0.733.